The van der Waals surface area contributed by atoms with E-state index in [1.165, 1.54) is 6.07 Å². The van der Waals surface area contributed by atoms with Crippen LogP contribution in [0.25, 0.3) is 0 Å². The van der Waals surface area contributed by atoms with E-state index in [-0.39, 0.29) is 5.56 Å². The maximum Gasteiger partial charge on any atom is 0.194 e. The molecule has 1 nitrogen and oxygen atoms in total. The topological polar surface area (TPSA) is 12.0 Å². The Labute approximate surface area is 122 Å². The monoisotopic (exact) mass is 293 g/mol. The molecule has 0 aliphatic heterocycles. The van der Waals surface area contributed by atoms with Crippen LogP contribution in [0.1, 0.15) is 35.2 Å². The molecular weight excluding hydrogens is 275 g/mol. The quantitative estimate of drug-likeness (QED) is 0.823. The molecule has 0 amide bonds. The van der Waals surface area contributed by atoms with Gasteiger partial charge in [-0.05, 0) is 37.6 Å². The van der Waals surface area contributed by atoms with Crippen LogP contribution in [0.15, 0.2) is 30.3 Å². The molecule has 0 radical (unpaired) electrons. The van der Waals surface area contributed by atoms with Gasteiger partial charge in [0.25, 0.3) is 0 Å². The first kappa shape index (κ1) is 15.6. The Hall–Kier alpha value is -1.81. The van der Waals surface area contributed by atoms with Gasteiger partial charge in [-0.25, -0.2) is 13.2 Å². The third-order valence-corrected chi connectivity index (χ3v) is 3.53. The van der Waals surface area contributed by atoms with E-state index in [2.05, 4.69) is 5.32 Å². The Morgan fingerprint density at radius 1 is 0.952 bits per heavy atom. The lowest BCUT2D eigenvalue weighted by molar-refractivity contribution is 0.433. The molecule has 0 saturated carbocycles. The van der Waals surface area contributed by atoms with Crippen molar-refractivity contribution in [2.45, 2.75) is 26.8 Å². The molecule has 21 heavy (non-hydrogen) atoms. The summed E-state index contributed by atoms with van der Waals surface area (Å²) >= 11 is 0. The van der Waals surface area contributed by atoms with Gasteiger partial charge >= 0.3 is 0 Å². The van der Waals surface area contributed by atoms with Gasteiger partial charge in [0, 0.05) is 5.56 Å². The van der Waals surface area contributed by atoms with Crippen LogP contribution in [0.3, 0.4) is 0 Å². The molecule has 0 bridgehead atoms. The maximum atomic E-state index is 14.1. The lowest BCUT2D eigenvalue weighted by atomic mass is 9.93. The molecule has 1 atom stereocenters. The summed E-state index contributed by atoms with van der Waals surface area (Å²) in [6, 6.07) is 7.58. The summed E-state index contributed by atoms with van der Waals surface area (Å²) in [6.07, 6.45) is 0. The zero-order chi connectivity index (χ0) is 15.6. The highest BCUT2D eigenvalue weighted by atomic mass is 19.2. The van der Waals surface area contributed by atoms with E-state index in [0.717, 1.165) is 22.8 Å². The first-order valence-corrected chi connectivity index (χ1v) is 6.89. The number of rotatable bonds is 4. The molecule has 0 fully saturated rings. The van der Waals surface area contributed by atoms with Crippen molar-refractivity contribution in [2.24, 2.45) is 0 Å². The number of hydrogen-bond acceptors (Lipinski definition) is 1. The van der Waals surface area contributed by atoms with Crippen molar-refractivity contribution < 1.29 is 13.2 Å². The average molecular weight is 293 g/mol. The molecule has 4 heteroatoms. The number of halogens is 3. The van der Waals surface area contributed by atoms with E-state index in [0.29, 0.717) is 6.54 Å². The summed E-state index contributed by atoms with van der Waals surface area (Å²) < 4.78 is 40.7. The fraction of sp³-hybridized carbons (Fsp3) is 0.294. The largest absolute Gasteiger partial charge is 0.306 e. The third kappa shape index (κ3) is 3.10. The zero-order valence-electron chi connectivity index (χ0n) is 12.3. The van der Waals surface area contributed by atoms with Crippen molar-refractivity contribution in [1.29, 1.82) is 0 Å². The van der Waals surface area contributed by atoms with E-state index in [9.17, 15) is 13.2 Å². The molecule has 0 aromatic heterocycles. The SMILES string of the molecule is CCNC(c1cc(C)ccc1C)c1ccc(F)c(F)c1F. The first-order valence-electron chi connectivity index (χ1n) is 6.89. The van der Waals surface area contributed by atoms with Crippen LogP contribution in [-0.4, -0.2) is 6.54 Å². The van der Waals surface area contributed by atoms with E-state index in [1.807, 2.05) is 39.0 Å². The molecule has 1 N–H and O–H groups in total. The van der Waals surface area contributed by atoms with Gasteiger partial charge in [-0.2, -0.15) is 0 Å². The van der Waals surface area contributed by atoms with Crippen molar-refractivity contribution in [1.82, 2.24) is 5.32 Å². The Bertz CT molecular complexity index is 653. The molecule has 2 aromatic rings. The van der Waals surface area contributed by atoms with Crippen molar-refractivity contribution in [3.63, 3.8) is 0 Å². The molecule has 0 heterocycles. The highest BCUT2D eigenvalue weighted by Gasteiger charge is 2.22. The molecular formula is C17H18F3N. The van der Waals surface area contributed by atoms with Crippen LogP contribution < -0.4 is 5.32 Å². The average Bonchev–Trinajstić information content (AvgIpc) is 2.46. The summed E-state index contributed by atoms with van der Waals surface area (Å²) in [6.45, 7) is 6.32. The van der Waals surface area contributed by atoms with Crippen LogP contribution in [0, 0.1) is 31.3 Å². The molecule has 112 valence electrons. The number of hydrogen-bond donors (Lipinski definition) is 1. The van der Waals surface area contributed by atoms with Crippen LogP contribution in [0.4, 0.5) is 13.2 Å². The number of benzene rings is 2. The van der Waals surface area contributed by atoms with Gasteiger partial charge in [0.1, 0.15) is 0 Å². The highest BCUT2D eigenvalue weighted by molar-refractivity contribution is 5.40. The zero-order valence-corrected chi connectivity index (χ0v) is 12.3. The van der Waals surface area contributed by atoms with Crippen molar-refractivity contribution in [3.8, 4) is 0 Å². The molecule has 0 aliphatic rings. The van der Waals surface area contributed by atoms with E-state index >= 15 is 0 Å². The minimum Gasteiger partial charge on any atom is -0.306 e. The number of aryl methyl sites for hydroxylation is 2. The standard InChI is InChI=1S/C17H18F3N/c1-4-21-17(13-9-10(2)5-6-11(13)3)12-7-8-14(18)16(20)15(12)19/h5-9,17,21H,4H2,1-3H3. The Morgan fingerprint density at radius 2 is 1.67 bits per heavy atom. The summed E-state index contributed by atoms with van der Waals surface area (Å²) in [5.41, 5.74) is 2.98. The molecule has 1 unspecified atom stereocenters. The van der Waals surface area contributed by atoms with E-state index in [4.69, 9.17) is 0 Å². The van der Waals surface area contributed by atoms with Crippen LogP contribution >= 0.6 is 0 Å². The van der Waals surface area contributed by atoms with Gasteiger partial charge in [-0.1, -0.05) is 36.8 Å². The minimum absolute atomic E-state index is 0.115. The van der Waals surface area contributed by atoms with Gasteiger partial charge < -0.3 is 5.32 Å². The molecule has 0 aliphatic carbocycles. The summed E-state index contributed by atoms with van der Waals surface area (Å²) in [7, 11) is 0. The first-order chi connectivity index (χ1) is 9.95. The molecule has 2 rings (SSSR count). The summed E-state index contributed by atoms with van der Waals surface area (Å²) in [5.74, 6) is -3.74. The molecule has 0 spiro atoms. The van der Waals surface area contributed by atoms with Crippen molar-refractivity contribution in [3.05, 3.63) is 70.0 Å². The van der Waals surface area contributed by atoms with Crippen molar-refractivity contribution >= 4 is 0 Å². The van der Waals surface area contributed by atoms with E-state index < -0.39 is 23.5 Å². The fourth-order valence-corrected chi connectivity index (χ4v) is 2.43. The van der Waals surface area contributed by atoms with Crippen molar-refractivity contribution in [2.75, 3.05) is 6.54 Å². The van der Waals surface area contributed by atoms with Gasteiger partial charge in [0.2, 0.25) is 0 Å². The highest BCUT2D eigenvalue weighted by Crippen LogP contribution is 2.29. The lowest BCUT2D eigenvalue weighted by Gasteiger charge is -2.22. The Balaban J connectivity index is 2.59. The Morgan fingerprint density at radius 3 is 2.33 bits per heavy atom. The Kier molecular flexibility index (Phi) is 4.68. The predicted octanol–water partition coefficient (Wildman–Crippen LogP) is 4.42. The number of nitrogens with one attached hydrogen (secondary N) is 1. The van der Waals surface area contributed by atoms with E-state index in [1.54, 1.807) is 0 Å². The smallest absolute Gasteiger partial charge is 0.194 e. The van der Waals surface area contributed by atoms with Crippen LogP contribution in [-0.2, 0) is 0 Å². The fourth-order valence-electron chi connectivity index (χ4n) is 2.43. The van der Waals surface area contributed by atoms with Gasteiger partial charge in [-0.15, -0.1) is 0 Å². The normalized spacial score (nSPS) is 12.5. The lowest BCUT2D eigenvalue weighted by Crippen LogP contribution is -2.24. The maximum absolute atomic E-state index is 14.1. The van der Waals surface area contributed by atoms with Gasteiger partial charge in [0.15, 0.2) is 17.5 Å². The molecule has 0 saturated heterocycles. The summed E-state index contributed by atoms with van der Waals surface area (Å²) in [4.78, 5) is 0. The molecule has 2 aromatic carbocycles. The summed E-state index contributed by atoms with van der Waals surface area (Å²) in [5, 5.41) is 3.14. The second kappa shape index (κ2) is 6.31. The third-order valence-electron chi connectivity index (χ3n) is 3.53. The second-order valence-corrected chi connectivity index (χ2v) is 5.12. The van der Waals surface area contributed by atoms with Gasteiger partial charge in [0.05, 0.1) is 6.04 Å². The van der Waals surface area contributed by atoms with Crippen LogP contribution in [0.2, 0.25) is 0 Å². The van der Waals surface area contributed by atoms with Gasteiger partial charge in [-0.3, -0.25) is 0 Å². The minimum atomic E-state index is -1.43. The second-order valence-electron chi connectivity index (χ2n) is 5.12. The predicted molar refractivity (Wildman–Crippen MR) is 77.8 cm³/mol. The van der Waals surface area contributed by atoms with Crippen LogP contribution in [0.5, 0.6) is 0 Å².